The van der Waals surface area contributed by atoms with Crippen LogP contribution < -0.4 is 10.1 Å². The Morgan fingerprint density at radius 1 is 1.32 bits per heavy atom. The maximum Gasteiger partial charge on any atom is 0.123 e. The van der Waals surface area contributed by atoms with Crippen LogP contribution in [0.25, 0.3) is 0 Å². The summed E-state index contributed by atoms with van der Waals surface area (Å²) in [6.45, 7) is 3.37. The molecule has 0 radical (unpaired) electrons. The molecule has 0 spiro atoms. The van der Waals surface area contributed by atoms with Crippen molar-refractivity contribution in [1.29, 1.82) is 0 Å². The van der Waals surface area contributed by atoms with Crippen LogP contribution in [0.3, 0.4) is 0 Å². The highest BCUT2D eigenvalue weighted by Crippen LogP contribution is 2.26. The maximum absolute atomic E-state index is 5.99. The normalized spacial score (nSPS) is 22.7. The van der Waals surface area contributed by atoms with Gasteiger partial charge in [0.05, 0.1) is 13.2 Å². The Morgan fingerprint density at radius 3 is 2.95 bits per heavy atom. The Morgan fingerprint density at radius 2 is 2.21 bits per heavy atom. The van der Waals surface area contributed by atoms with Gasteiger partial charge in [-0.3, -0.25) is 0 Å². The highest BCUT2D eigenvalue weighted by atomic mass is 79.9. The number of hydrogen-bond acceptors (Lipinski definition) is 3. The summed E-state index contributed by atoms with van der Waals surface area (Å²) in [5.41, 5.74) is 1.24. The molecule has 2 aliphatic rings. The van der Waals surface area contributed by atoms with E-state index >= 15 is 0 Å². The molecule has 1 saturated carbocycles. The number of nitrogens with one attached hydrogen (secondary N) is 1. The van der Waals surface area contributed by atoms with Crippen molar-refractivity contribution in [2.75, 3.05) is 19.8 Å². The van der Waals surface area contributed by atoms with Crippen LogP contribution in [0.1, 0.15) is 24.8 Å². The maximum atomic E-state index is 5.99. The highest BCUT2D eigenvalue weighted by molar-refractivity contribution is 9.10. The van der Waals surface area contributed by atoms with Gasteiger partial charge in [-0.25, -0.2) is 0 Å². The number of benzene rings is 1. The van der Waals surface area contributed by atoms with Gasteiger partial charge in [-0.15, -0.1) is 0 Å². The van der Waals surface area contributed by atoms with Gasteiger partial charge in [0.1, 0.15) is 5.75 Å². The molecule has 1 N–H and O–H groups in total. The molecule has 1 heterocycles. The van der Waals surface area contributed by atoms with E-state index in [1.54, 1.807) is 0 Å². The molecule has 2 fully saturated rings. The molecule has 1 aliphatic heterocycles. The third-order valence-electron chi connectivity index (χ3n) is 3.68. The van der Waals surface area contributed by atoms with Crippen LogP contribution in [0, 0.1) is 5.92 Å². The zero-order chi connectivity index (χ0) is 13.1. The van der Waals surface area contributed by atoms with Gasteiger partial charge in [0.2, 0.25) is 0 Å². The molecule has 3 nitrogen and oxygen atoms in total. The first-order valence-electron chi connectivity index (χ1n) is 7.03. The van der Waals surface area contributed by atoms with Crippen LogP contribution in [0.4, 0.5) is 0 Å². The molecule has 104 valence electrons. The summed E-state index contributed by atoms with van der Waals surface area (Å²) in [7, 11) is 0. The topological polar surface area (TPSA) is 30.5 Å². The van der Waals surface area contributed by atoms with Crippen molar-refractivity contribution in [2.45, 2.75) is 31.8 Å². The molecule has 1 aliphatic carbocycles. The van der Waals surface area contributed by atoms with Gasteiger partial charge in [0.25, 0.3) is 0 Å². The van der Waals surface area contributed by atoms with E-state index in [4.69, 9.17) is 9.47 Å². The molecular weight excluding hydrogens is 306 g/mol. The molecule has 1 atom stereocenters. The summed E-state index contributed by atoms with van der Waals surface area (Å²) < 4.78 is 12.5. The number of rotatable bonds is 6. The second-order valence-corrected chi connectivity index (χ2v) is 6.36. The minimum Gasteiger partial charge on any atom is -0.493 e. The van der Waals surface area contributed by atoms with Crippen molar-refractivity contribution >= 4 is 15.9 Å². The van der Waals surface area contributed by atoms with Gasteiger partial charge < -0.3 is 14.8 Å². The predicted octanol–water partition coefficient (Wildman–Crippen LogP) is 3.12. The van der Waals surface area contributed by atoms with E-state index in [2.05, 4.69) is 33.4 Å². The van der Waals surface area contributed by atoms with E-state index in [1.165, 1.54) is 18.4 Å². The molecular formula is C15H20BrNO2. The quantitative estimate of drug-likeness (QED) is 0.871. The molecule has 1 aromatic rings. The second kappa shape index (κ2) is 6.25. The smallest absolute Gasteiger partial charge is 0.123 e. The largest absolute Gasteiger partial charge is 0.493 e. The monoisotopic (exact) mass is 325 g/mol. The van der Waals surface area contributed by atoms with Crippen LogP contribution in [-0.2, 0) is 11.3 Å². The Hall–Kier alpha value is -0.580. The third kappa shape index (κ3) is 3.94. The first kappa shape index (κ1) is 13.4. The van der Waals surface area contributed by atoms with Crippen molar-refractivity contribution < 1.29 is 9.47 Å². The van der Waals surface area contributed by atoms with Crippen molar-refractivity contribution in [3.05, 3.63) is 28.2 Å². The van der Waals surface area contributed by atoms with Crippen LogP contribution >= 0.6 is 15.9 Å². The number of ether oxygens (including phenoxy) is 2. The minimum atomic E-state index is 0.549. The lowest BCUT2D eigenvalue weighted by molar-refractivity contribution is 0.166. The molecule has 3 rings (SSSR count). The van der Waals surface area contributed by atoms with E-state index in [-0.39, 0.29) is 0 Å². The van der Waals surface area contributed by atoms with Crippen LogP contribution in [-0.4, -0.2) is 25.9 Å². The summed E-state index contributed by atoms with van der Waals surface area (Å²) in [6.07, 6.45) is 3.74. The number of halogens is 1. The Balaban J connectivity index is 1.60. The second-order valence-electron chi connectivity index (χ2n) is 5.45. The van der Waals surface area contributed by atoms with Crippen molar-refractivity contribution in [1.82, 2.24) is 5.32 Å². The fraction of sp³-hybridized carbons (Fsp3) is 0.600. The van der Waals surface area contributed by atoms with E-state index in [0.29, 0.717) is 5.92 Å². The Kier molecular flexibility index (Phi) is 4.41. The first-order chi connectivity index (χ1) is 9.31. The molecule has 0 bridgehead atoms. The molecule has 1 aromatic carbocycles. The zero-order valence-electron chi connectivity index (χ0n) is 11.0. The number of hydrogen-bond donors (Lipinski definition) is 1. The van der Waals surface area contributed by atoms with E-state index in [1.807, 2.05) is 6.07 Å². The predicted molar refractivity (Wildman–Crippen MR) is 78.4 cm³/mol. The van der Waals surface area contributed by atoms with Crippen LogP contribution in [0.2, 0.25) is 0 Å². The first-order valence-corrected chi connectivity index (χ1v) is 7.83. The summed E-state index contributed by atoms with van der Waals surface area (Å²) in [5.74, 6) is 1.55. The molecule has 19 heavy (non-hydrogen) atoms. The minimum absolute atomic E-state index is 0.549. The molecule has 0 amide bonds. The van der Waals surface area contributed by atoms with E-state index in [9.17, 15) is 0 Å². The van der Waals surface area contributed by atoms with Gasteiger partial charge >= 0.3 is 0 Å². The lowest BCUT2D eigenvalue weighted by Crippen LogP contribution is -2.17. The van der Waals surface area contributed by atoms with Gasteiger partial charge in [0.15, 0.2) is 0 Å². The van der Waals surface area contributed by atoms with Crippen molar-refractivity contribution in [2.24, 2.45) is 5.92 Å². The van der Waals surface area contributed by atoms with Gasteiger partial charge in [-0.1, -0.05) is 15.9 Å². The van der Waals surface area contributed by atoms with Gasteiger partial charge in [-0.2, -0.15) is 0 Å². The Bertz CT molecular complexity index is 428. The van der Waals surface area contributed by atoms with Gasteiger partial charge in [-0.05, 0) is 37.5 Å². The average Bonchev–Trinajstić information content (AvgIpc) is 3.10. The lowest BCUT2D eigenvalue weighted by Gasteiger charge is -2.15. The standard InChI is InChI=1S/C15H20BrNO2/c16-13-1-4-15(19-10-11-5-6-18-9-11)12(7-13)8-17-14-2-3-14/h1,4,7,11,14,17H,2-3,5-6,8-10H2. The summed E-state index contributed by atoms with van der Waals surface area (Å²) in [5, 5.41) is 3.54. The zero-order valence-corrected chi connectivity index (χ0v) is 12.6. The molecule has 1 saturated heterocycles. The average molecular weight is 326 g/mol. The fourth-order valence-electron chi connectivity index (χ4n) is 2.29. The van der Waals surface area contributed by atoms with E-state index in [0.717, 1.165) is 49.1 Å². The molecule has 1 unspecified atom stereocenters. The van der Waals surface area contributed by atoms with E-state index < -0.39 is 0 Å². The fourth-order valence-corrected chi connectivity index (χ4v) is 2.70. The molecule has 4 heteroatoms. The highest BCUT2D eigenvalue weighted by Gasteiger charge is 2.21. The van der Waals surface area contributed by atoms with Gasteiger partial charge in [0, 0.05) is 35.1 Å². The van der Waals surface area contributed by atoms with Crippen molar-refractivity contribution in [3.63, 3.8) is 0 Å². The van der Waals surface area contributed by atoms with Crippen LogP contribution in [0.15, 0.2) is 22.7 Å². The summed E-state index contributed by atoms with van der Waals surface area (Å²) in [6, 6.07) is 6.97. The lowest BCUT2D eigenvalue weighted by atomic mass is 10.1. The summed E-state index contributed by atoms with van der Waals surface area (Å²) >= 11 is 3.53. The third-order valence-corrected chi connectivity index (χ3v) is 4.17. The van der Waals surface area contributed by atoms with Crippen molar-refractivity contribution in [3.8, 4) is 5.75 Å². The van der Waals surface area contributed by atoms with Crippen LogP contribution in [0.5, 0.6) is 5.75 Å². The Labute approximate surface area is 122 Å². The SMILES string of the molecule is Brc1ccc(OCC2CCOC2)c(CNC2CC2)c1. The molecule has 0 aromatic heterocycles. The summed E-state index contributed by atoms with van der Waals surface area (Å²) in [4.78, 5) is 0.